The minimum absolute atomic E-state index is 0.184. The molecule has 0 amide bonds. The van der Waals surface area contributed by atoms with Crippen LogP contribution >= 0.6 is 11.6 Å². The van der Waals surface area contributed by atoms with Gasteiger partial charge in [0.15, 0.2) is 6.29 Å². The first-order valence-corrected chi connectivity index (χ1v) is 5.81. The van der Waals surface area contributed by atoms with Crippen molar-refractivity contribution in [3.63, 3.8) is 0 Å². The van der Waals surface area contributed by atoms with Crippen molar-refractivity contribution in [1.29, 1.82) is 0 Å². The topological polar surface area (TPSA) is 35.5 Å². The van der Waals surface area contributed by atoms with Gasteiger partial charge in [-0.25, -0.2) is 0 Å². The molecule has 0 saturated heterocycles. The molecule has 94 valence electrons. The minimum Gasteiger partial charge on any atom is -0.490 e. The van der Waals surface area contributed by atoms with Crippen LogP contribution in [0.15, 0.2) is 18.2 Å². The van der Waals surface area contributed by atoms with Crippen LogP contribution in [0.2, 0.25) is 5.02 Å². The van der Waals surface area contributed by atoms with Gasteiger partial charge in [-0.3, -0.25) is 4.79 Å². The normalized spacial score (nSPS) is 11.3. The van der Waals surface area contributed by atoms with Gasteiger partial charge in [-0.1, -0.05) is 11.6 Å². The predicted molar refractivity (Wildman–Crippen MR) is 68.0 cm³/mol. The second-order valence-corrected chi connectivity index (χ2v) is 5.05. The van der Waals surface area contributed by atoms with Gasteiger partial charge >= 0.3 is 0 Å². The summed E-state index contributed by atoms with van der Waals surface area (Å²) in [7, 11) is 0. The zero-order valence-electron chi connectivity index (χ0n) is 10.3. The smallest absolute Gasteiger partial charge is 0.153 e. The first-order valence-electron chi connectivity index (χ1n) is 5.44. The van der Waals surface area contributed by atoms with E-state index in [1.54, 1.807) is 18.2 Å². The fourth-order valence-electron chi connectivity index (χ4n) is 1.24. The maximum Gasteiger partial charge on any atom is 0.153 e. The number of halogens is 1. The summed E-state index contributed by atoms with van der Waals surface area (Å²) in [6.07, 6.45) is 0.728. The van der Waals surface area contributed by atoms with E-state index in [2.05, 4.69) is 0 Å². The minimum atomic E-state index is -0.184. The molecule has 17 heavy (non-hydrogen) atoms. The van der Waals surface area contributed by atoms with Gasteiger partial charge in [0.1, 0.15) is 12.4 Å². The fraction of sp³-hybridized carbons (Fsp3) is 0.462. The number of carbonyl (C=O) groups is 1. The van der Waals surface area contributed by atoms with E-state index in [4.69, 9.17) is 21.1 Å². The first-order chi connectivity index (χ1) is 7.92. The molecule has 0 aromatic heterocycles. The van der Waals surface area contributed by atoms with E-state index in [9.17, 15) is 4.79 Å². The number of benzene rings is 1. The summed E-state index contributed by atoms with van der Waals surface area (Å²) in [5.74, 6) is 0.530. The second-order valence-electron chi connectivity index (χ2n) is 4.61. The van der Waals surface area contributed by atoms with Crippen LogP contribution < -0.4 is 4.74 Å². The molecule has 0 aliphatic carbocycles. The van der Waals surface area contributed by atoms with Crippen LogP contribution in [-0.4, -0.2) is 25.1 Å². The molecule has 0 aliphatic rings. The van der Waals surface area contributed by atoms with Crippen molar-refractivity contribution in [2.75, 3.05) is 13.2 Å². The highest BCUT2D eigenvalue weighted by atomic mass is 35.5. The summed E-state index contributed by atoms with van der Waals surface area (Å²) in [5, 5.41) is 0.519. The lowest BCUT2D eigenvalue weighted by molar-refractivity contribution is -0.0163. The van der Waals surface area contributed by atoms with Gasteiger partial charge in [-0.05, 0) is 39.0 Å². The summed E-state index contributed by atoms with van der Waals surface area (Å²) in [4.78, 5) is 10.8. The maximum atomic E-state index is 10.8. The van der Waals surface area contributed by atoms with Crippen LogP contribution in [0.4, 0.5) is 0 Å². The lowest BCUT2D eigenvalue weighted by Crippen LogP contribution is -2.22. The van der Waals surface area contributed by atoms with Gasteiger partial charge in [0.05, 0.1) is 17.8 Å². The first kappa shape index (κ1) is 14.0. The molecule has 0 spiro atoms. The average molecular weight is 257 g/mol. The van der Waals surface area contributed by atoms with Crippen molar-refractivity contribution in [2.45, 2.75) is 26.4 Å². The van der Waals surface area contributed by atoms with Crippen molar-refractivity contribution >= 4 is 17.9 Å². The Morgan fingerprint density at radius 3 is 2.59 bits per heavy atom. The number of carbonyl (C=O) groups excluding carboxylic acids is 1. The quantitative estimate of drug-likeness (QED) is 0.599. The Kier molecular flexibility index (Phi) is 4.97. The Hall–Kier alpha value is -1.06. The highest BCUT2D eigenvalue weighted by Crippen LogP contribution is 2.21. The zero-order chi connectivity index (χ0) is 12.9. The number of hydrogen-bond donors (Lipinski definition) is 0. The summed E-state index contributed by atoms with van der Waals surface area (Å²) in [6, 6.07) is 4.95. The van der Waals surface area contributed by atoms with Crippen LogP contribution in [0.3, 0.4) is 0 Å². The number of hydrogen-bond acceptors (Lipinski definition) is 3. The van der Waals surface area contributed by atoms with Crippen LogP contribution in [-0.2, 0) is 4.74 Å². The third-order valence-corrected chi connectivity index (χ3v) is 2.21. The molecule has 0 saturated carbocycles. The Morgan fingerprint density at radius 1 is 1.29 bits per heavy atom. The number of ether oxygens (including phenoxy) is 2. The molecular weight excluding hydrogens is 240 g/mol. The third-order valence-electron chi connectivity index (χ3n) is 1.97. The molecule has 0 bridgehead atoms. The van der Waals surface area contributed by atoms with Crippen molar-refractivity contribution < 1.29 is 14.3 Å². The van der Waals surface area contributed by atoms with Gasteiger partial charge in [0.2, 0.25) is 0 Å². The highest BCUT2D eigenvalue weighted by molar-refractivity contribution is 6.30. The Morgan fingerprint density at radius 2 is 2.00 bits per heavy atom. The van der Waals surface area contributed by atoms with E-state index in [-0.39, 0.29) is 5.60 Å². The van der Waals surface area contributed by atoms with Crippen molar-refractivity contribution in [3.8, 4) is 5.75 Å². The molecule has 0 radical (unpaired) electrons. The lowest BCUT2D eigenvalue weighted by atomic mass is 10.2. The summed E-state index contributed by atoms with van der Waals surface area (Å²) in [6.45, 7) is 6.81. The van der Waals surface area contributed by atoms with E-state index in [0.29, 0.717) is 29.5 Å². The Balaban J connectivity index is 2.49. The lowest BCUT2D eigenvalue weighted by Gasteiger charge is -2.19. The van der Waals surface area contributed by atoms with Crippen LogP contribution in [0.1, 0.15) is 31.1 Å². The van der Waals surface area contributed by atoms with E-state index in [1.165, 1.54) is 0 Å². The van der Waals surface area contributed by atoms with E-state index in [1.807, 2.05) is 20.8 Å². The molecule has 1 aromatic rings. The molecule has 0 heterocycles. The molecule has 0 aliphatic heterocycles. The average Bonchev–Trinajstić information content (AvgIpc) is 2.24. The van der Waals surface area contributed by atoms with Crippen molar-refractivity contribution in [2.24, 2.45) is 0 Å². The van der Waals surface area contributed by atoms with Crippen LogP contribution in [0, 0.1) is 0 Å². The van der Waals surface area contributed by atoms with Crippen LogP contribution in [0.25, 0.3) is 0 Å². The third kappa shape index (κ3) is 5.20. The molecule has 0 N–H and O–H groups in total. The molecule has 4 heteroatoms. The standard InChI is InChI=1S/C13H17ClO3/c1-13(2,3)17-7-6-16-12-5-4-11(14)8-10(12)9-15/h4-5,8-9H,6-7H2,1-3H3. The SMILES string of the molecule is CC(C)(C)OCCOc1ccc(Cl)cc1C=O. The van der Waals surface area contributed by atoms with Crippen LogP contribution in [0.5, 0.6) is 5.75 Å². The largest absolute Gasteiger partial charge is 0.490 e. The predicted octanol–water partition coefficient (Wildman–Crippen LogP) is 3.35. The fourth-order valence-corrected chi connectivity index (χ4v) is 1.42. The number of rotatable bonds is 5. The highest BCUT2D eigenvalue weighted by Gasteiger charge is 2.10. The molecule has 3 nitrogen and oxygen atoms in total. The summed E-state index contributed by atoms with van der Waals surface area (Å²) < 4.78 is 11.0. The Labute approximate surface area is 107 Å². The maximum absolute atomic E-state index is 10.8. The van der Waals surface area contributed by atoms with Gasteiger partial charge in [-0.2, -0.15) is 0 Å². The Bertz CT molecular complexity index is 383. The molecule has 0 unspecified atom stereocenters. The molecule has 0 fully saturated rings. The van der Waals surface area contributed by atoms with Gasteiger partial charge < -0.3 is 9.47 Å². The molecule has 1 aromatic carbocycles. The van der Waals surface area contributed by atoms with Gasteiger partial charge in [-0.15, -0.1) is 0 Å². The van der Waals surface area contributed by atoms with E-state index in [0.717, 1.165) is 6.29 Å². The zero-order valence-corrected chi connectivity index (χ0v) is 11.1. The van der Waals surface area contributed by atoms with Crippen molar-refractivity contribution in [3.05, 3.63) is 28.8 Å². The summed E-state index contributed by atoms with van der Waals surface area (Å²) >= 11 is 5.78. The van der Waals surface area contributed by atoms with Gasteiger partial charge in [0, 0.05) is 5.02 Å². The van der Waals surface area contributed by atoms with Gasteiger partial charge in [0.25, 0.3) is 0 Å². The van der Waals surface area contributed by atoms with E-state index < -0.39 is 0 Å². The van der Waals surface area contributed by atoms with Crippen molar-refractivity contribution in [1.82, 2.24) is 0 Å². The monoisotopic (exact) mass is 256 g/mol. The van der Waals surface area contributed by atoms with E-state index >= 15 is 0 Å². The molecule has 0 atom stereocenters. The molecule has 1 rings (SSSR count). The molecular formula is C13H17ClO3. The number of aldehydes is 1. The second kappa shape index (κ2) is 6.03. The summed E-state index contributed by atoms with van der Waals surface area (Å²) in [5.41, 5.74) is 0.268.